The molecular weight excluding hydrogens is 368 g/mol. The largest absolute Gasteiger partial charge is 0.340 e. The number of benzene rings is 1. The Morgan fingerprint density at radius 2 is 1.62 bits per heavy atom. The van der Waals surface area contributed by atoms with Crippen LogP contribution in [0.25, 0.3) is 0 Å². The maximum absolute atomic E-state index is 13.0. The number of hydrogen-bond donors (Lipinski definition) is 0. The summed E-state index contributed by atoms with van der Waals surface area (Å²) in [5.74, 6) is 0.121. The topological polar surface area (TPSA) is 76.3 Å². The van der Waals surface area contributed by atoms with Gasteiger partial charge >= 0.3 is 0 Å². The van der Waals surface area contributed by atoms with E-state index in [1.54, 1.807) is 46.6 Å². The van der Waals surface area contributed by atoms with Crippen molar-refractivity contribution in [2.75, 3.05) is 24.5 Å². The first kappa shape index (κ1) is 17.7. The number of aromatic nitrogens is 4. The number of carbonyl (C=O) groups excluding carboxylic acids is 2. The number of nitrogens with zero attached hydrogens (tertiary/aromatic N) is 6. The van der Waals surface area contributed by atoms with Gasteiger partial charge in [-0.3, -0.25) is 9.59 Å². The lowest BCUT2D eigenvalue weighted by molar-refractivity contribution is -0.131. The number of likely N-dealkylation sites (tertiary alicyclic amines) is 1. The molecule has 2 aliphatic heterocycles. The van der Waals surface area contributed by atoms with Crippen molar-refractivity contribution in [3.8, 4) is 0 Å². The van der Waals surface area contributed by atoms with Crippen molar-refractivity contribution >= 4 is 17.5 Å². The fourth-order valence-corrected chi connectivity index (χ4v) is 4.55. The van der Waals surface area contributed by atoms with E-state index in [0.29, 0.717) is 26.2 Å². The first-order valence-corrected chi connectivity index (χ1v) is 9.74. The highest BCUT2D eigenvalue weighted by Gasteiger charge is 2.49. The van der Waals surface area contributed by atoms with Gasteiger partial charge in [0.2, 0.25) is 11.8 Å². The van der Waals surface area contributed by atoms with Crippen molar-refractivity contribution in [3.05, 3.63) is 67.3 Å². The van der Waals surface area contributed by atoms with Crippen molar-refractivity contribution in [1.29, 1.82) is 0 Å². The number of fused-ring (bicyclic) bond motifs is 2. The van der Waals surface area contributed by atoms with Crippen molar-refractivity contribution in [3.63, 3.8) is 0 Å². The molecule has 5 rings (SSSR count). The second-order valence-corrected chi connectivity index (χ2v) is 7.81. The third-order valence-electron chi connectivity index (χ3n) is 5.99. The average molecular weight is 390 g/mol. The molecule has 8 nitrogen and oxygen atoms in total. The molecule has 1 saturated heterocycles. The zero-order valence-corrected chi connectivity index (χ0v) is 16.0. The lowest BCUT2D eigenvalue weighted by Gasteiger charge is -2.26. The fraction of sp³-hybridized carbons (Fsp3) is 0.333. The van der Waals surface area contributed by atoms with E-state index in [2.05, 4.69) is 16.0 Å². The quantitative estimate of drug-likeness (QED) is 0.673. The number of anilines is 1. The van der Waals surface area contributed by atoms with E-state index in [0.717, 1.165) is 17.7 Å². The standard InChI is InChI=1S/C21H22N6O2/c28-19(11-24-9-6-22-15-24)26-8-5-21(13-26)14-27(18-4-2-1-3-17(18)21)20(29)12-25-10-7-23-16-25/h1-4,6-7,9-10,15-16H,5,8,11-14H2. The monoisotopic (exact) mass is 390 g/mol. The van der Waals surface area contributed by atoms with Gasteiger partial charge in [-0.05, 0) is 18.1 Å². The van der Waals surface area contributed by atoms with E-state index < -0.39 is 0 Å². The molecule has 1 fully saturated rings. The number of amides is 2. The molecule has 1 unspecified atom stereocenters. The van der Waals surface area contributed by atoms with E-state index in [9.17, 15) is 9.59 Å². The van der Waals surface area contributed by atoms with Crippen molar-refractivity contribution in [2.24, 2.45) is 0 Å². The summed E-state index contributed by atoms with van der Waals surface area (Å²) in [6.07, 6.45) is 11.1. The van der Waals surface area contributed by atoms with Gasteiger partial charge in [-0.25, -0.2) is 9.97 Å². The number of carbonyl (C=O) groups is 2. The van der Waals surface area contributed by atoms with Crippen molar-refractivity contribution in [2.45, 2.75) is 24.9 Å². The molecule has 1 spiro atoms. The summed E-state index contributed by atoms with van der Waals surface area (Å²) in [6, 6.07) is 8.09. The van der Waals surface area contributed by atoms with Crippen molar-refractivity contribution in [1.82, 2.24) is 24.0 Å². The van der Waals surface area contributed by atoms with Gasteiger partial charge in [0.05, 0.1) is 12.7 Å². The second-order valence-electron chi connectivity index (χ2n) is 7.81. The highest BCUT2D eigenvalue weighted by atomic mass is 16.2. The van der Waals surface area contributed by atoms with Crippen LogP contribution in [0, 0.1) is 0 Å². The van der Waals surface area contributed by atoms with E-state index in [1.165, 1.54) is 0 Å². The number of imidazole rings is 2. The van der Waals surface area contributed by atoms with Gasteiger partial charge in [-0.2, -0.15) is 0 Å². The van der Waals surface area contributed by atoms with E-state index >= 15 is 0 Å². The lowest BCUT2D eigenvalue weighted by Crippen LogP contribution is -2.41. The number of hydrogen-bond acceptors (Lipinski definition) is 4. The minimum atomic E-state index is -0.203. The highest BCUT2D eigenvalue weighted by Crippen LogP contribution is 2.46. The normalized spacial score (nSPS) is 20.4. The molecule has 4 heterocycles. The Kier molecular flexibility index (Phi) is 4.19. The van der Waals surface area contributed by atoms with Crippen LogP contribution in [0.3, 0.4) is 0 Å². The van der Waals surface area contributed by atoms with Crippen LogP contribution in [0.4, 0.5) is 5.69 Å². The summed E-state index contributed by atoms with van der Waals surface area (Å²) in [5, 5.41) is 0. The minimum absolute atomic E-state index is 0.0375. The molecule has 3 aromatic rings. The van der Waals surface area contributed by atoms with Gasteiger partial charge < -0.3 is 18.9 Å². The molecule has 2 amide bonds. The van der Waals surface area contributed by atoms with Crippen LogP contribution in [0.1, 0.15) is 12.0 Å². The van der Waals surface area contributed by atoms with Crippen molar-refractivity contribution < 1.29 is 9.59 Å². The lowest BCUT2D eigenvalue weighted by atomic mass is 9.81. The van der Waals surface area contributed by atoms with Crippen LogP contribution < -0.4 is 4.90 Å². The summed E-state index contributed by atoms with van der Waals surface area (Å²) in [4.78, 5) is 37.6. The summed E-state index contributed by atoms with van der Waals surface area (Å²) < 4.78 is 3.57. The number of para-hydroxylation sites is 1. The summed E-state index contributed by atoms with van der Waals surface area (Å²) in [7, 11) is 0. The smallest absolute Gasteiger partial charge is 0.246 e. The Morgan fingerprint density at radius 1 is 0.931 bits per heavy atom. The Balaban J connectivity index is 1.37. The summed E-state index contributed by atoms with van der Waals surface area (Å²) in [6.45, 7) is 2.49. The van der Waals surface area contributed by atoms with Gasteiger partial charge in [-0.15, -0.1) is 0 Å². The molecule has 0 saturated carbocycles. The predicted octanol–water partition coefficient (Wildman–Crippen LogP) is 1.30. The molecule has 2 aromatic heterocycles. The third kappa shape index (κ3) is 3.10. The molecule has 0 bridgehead atoms. The molecule has 0 N–H and O–H groups in total. The van der Waals surface area contributed by atoms with Gasteiger partial charge in [-0.1, -0.05) is 18.2 Å². The average Bonchev–Trinajstić information content (AvgIpc) is 3.51. The fourth-order valence-electron chi connectivity index (χ4n) is 4.55. The van der Waals surface area contributed by atoms with Gasteiger partial charge in [0.15, 0.2) is 0 Å². The first-order valence-electron chi connectivity index (χ1n) is 9.74. The molecule has 0 aliphatic carbocycles. The Bertz CT molecular complexity index is 1030. The van der Waals surface area contributed by atoms with E-state index in [4.69, 9.17) is 0 Å². The first-order chi connectivity index (χ1) is 14.1. The van der Waals surface area contributed by atoms with Gasteiger partial charge in [0, 0.05) is 55.5 Å². The molecule has 1 atom stereocenters. The molecule has 0 radical (unpaired) electrons. The predicted molar refractivity (Wildman–Crippen MR) is 106 cm³/mol. The van der Waals surface area contributed by atoms with Crippen LogP contribution in [-0.4, -0.2) is 55.5 Å². The molecule has 148 valence electrons. The minimum Gasteiger partial charge on any atom is -0.340 e. The SMILES string of the molecule is O=C(Cn1ccnc1)N1CCC2(C1)CN(C(=O)Cn1ccnc1)c1ccccc12. The van der Waals surface area contributed by atoms with Gasteiger partial charge in [0.25, 0.3) is 0 Å². The maximum atomic E-state index is 13.0. The molecule has 1 aromatic carbocycles. The molecule has 29 heavy (non-hydrogen) atoms. The zero-order chi connectivity index (χ0) is 19.8. The second kappa shape index (κ2) is 6.88. The third-order valence-corrected chi connectivity index (χ3v) is 5.99. The Morgan fingerprint density at radius 3 is 2.31 bits per heavy atom. The van der Waals surface area contributed by atoms with Crippen LogP contribution in [0.5, 0.6) is 0 Å². The summed E-state index contributed by atoms with van der Waals surface area (Å²) in [5.41, 5.74) is 1.92. The maximum Gasteiger partial charge on any atom is 0.246 e. The van der Waals surface area contributed by atoms with Crippen LogP contribution >= 0.6 is 0 Å². The highest BCUT2D eigenvalue weighted by molar-refractivity contribution is 5.96. The Labute approximate surface area is 168 Å². The van der Waals surface area contributed by atoms with Crippen LogP contribution in [0.15, 0.2) is 61.7 Å². The van der Waals surface area contributed by atoms with E-state index in [-0.39, 0.29) is 23.8 Å². The number of rotatable bonds is 4. The van der Waals surface area contributed by atoms with E-state index in [1.807, 2.05) is 28.0 Å². The molecular formula is C21H22N6O2. The summed E-state index contributed by atoms with van der Waals surface area (Å²) >= 11 is 0. The zero-order valence-electron chi connectivity index (χ0n) is 16.0. The molecule has 2 aliphatic rings. The molecule has 8 heteroatoms. The van der Waals surface area contributed by atoms with Crippen LogP contribution in [-0.2, 0) is 28.1 Å². The van der Waals surface area contributed by atoms with Crippen LogP contribution in [0.2, 0.25) is 0 Å². The van der Waals surface area contributed by atoms with Gasteiger partial charge in [0.1, 0.15) is 13.1 Å². The Hall–Kier alpha value is -3.42.